The van der Waals surface area contributed by atoms with Gasteiger partial charge in [0.15, 0.2) is 5.67 Å². The van der Waals surface area contributed by atoms with Crippen molar-refractivity contribution in [3.63, 3.8) is 0 Å². The lowest BCUT2D eigenvalue weighted by molar-refractivity contribution is -0.292. The van der Waals surface area contributed by atoms with Crippen LogP contribution >= 0.6 is 0 Å². The Morgan fingerprint density at radius 2 is 1.77 bits per heavy atom. The van der Waals surface area contributed by atoms with Crippen molar-refractivity contribution in [3.8, 4) is 0 Å². The molecule has 0 saturated carbocycles. The number of piperidine rings is 3. The average molecular weight is 411 g/mol. The standard InChI is InChI=1S/C23H23F2N3O2/c24-18-7-5-17(6-8-18)20-19-4-2-1-3-16(19)9-12-28(20)21-26-30-23(29-21)15-27-13-10-22(23,25)11-14-27/h1-8,20H,9-15H2/t20-,23+/m0/s1. The average Bonchev–Trinajstić information content (AvgIpc) is 3.19. The van der Waals surface area contributed by atoms with Crippen LogP contribution in [0.3, 0.4) is 0 Å². The summed E-state index contributed by atoms with van der Waals surface area (Å²) in [7, 11) is 0. The van der Waals surface area contributed by atoms with Crippen LogP contribution in [0.15, 0.2) is 53.7 Å². The van der Waals surface area contributed by atoms with Crippen molar-refractivity contribution in [2.24, 2.45) is 5.16 Å². The van der Waals surface area contributed by atoms with Crippen LogP contribution in [0.25, 0.3) is 0 Å². The molecule has 2 aromatic rings. The number of hydrogen-bond donors (Lipinski definition) is 0. The molecule has 5 aliphatic rings. The van der Waals surface area contributed by atoms with E-state index in [1.807, 2.05) is 17.0 Å². The minimum Gasteiger partial charge on any atom is -0.413 e. The van der Waals surface area contributed by atoms with Crippen molar-refractivity contribution in [3.05, 3.63) is 71.0 Å². The third-order valence-electron chi connectivity index (χ3n) is 7.01. The van der Waals surface area contributed by atoms with Gasteiger partial charge in [0.05, 0.1) is 12.6 Å². The highest BCUT2D eigenvalue weighted by atomic mass is 19.1. The molecule has 5 nitrogen and oxygen atoms in total. The lowest BCUT2D eigenvalue weighted by atomic mass is 9.79. The van der Waals surface area contributed by atoms with Crippen molar-refractivity contribution in [2.75, 3.05) is 26.2 Å². The summed E-state index contributed by atoms with van der Waals surface area (Å²) in [4.78, 5) is 9.91. The quantitative estimate of drug-likeness (QED) is 0.719. The second-order valence-corrected chi connectivity index (χ2v) is 8.66. The van der Waals surface area contributed by atoms with Crippen LogP contribution < -0.4 is 0 Å². The highest BCUT2D eigenvalue weighted by Crippen LogP contribution is 2.49. The fraction of sp³-hybridized carbons (Fsp3) is 0.435. The maximum absolute atomic E-state index is 15.7. The van der Waals surface area contributed by atoms with Gasteiger partial charge in [0.1, 0.15) is 5.82 Å². The molecule has 7 heteroatoms. The first-order valence-electron chi connectivity index (χ1n) is 10.5. The topological polar surface area (TPSA) is 37.3 Å². The molecule has 7 rings (SSSR count). The molecule has 0 aromatic heterocycles. The number of nitrogens with zero attached hydrogens (tertiary/aromatic N) is 3. The smallest absolute Gasteiger partial charge is 0.331 e. The Kier molecular flexibility index (Phi) is 3.87. The van der Waals surface area contributed by atoms with Crippen molar-refractivity contribution in [1.82, 2.24) is 9.80 Å². The molecule has 1 spiro atoms. The van der Waals surface area contributed by atoms with E-state index in [0.29, 0.717) is 32.0 Å². The molecule has 0 aliphatic carbocycles. The molecule has 0 N–H and O–H groups in total. The van der Waals surface area contributed by atoms with Crippen LogP contribution in [0.5, 0.6) is 0 Å². The zero-order valence-corrected chi connectivity index (χ0v) is 16.6. The number of alkyl halides is 1. The summed E-state index contributed by atoms with van der Waals surface area (Å²) in [5.41, 5.74) is 1.75. The van der Waals surface area contributed by atoms with Crippen molar-refractivity contribution >= 4 is 6.02 Å². The Balaban J connectivity index is 1.37. The molecule has 2 aromatic carbocycles. The third-order valence-corrected chi connectivity index (χ3v) is 7.01. The molecule has 156 valence electrons. The van der Waals surface area contributed by atoms with Crippen LogP contribution in [-0.2, 0) is 16.0 Å². The highest BCUT2D eigenvalue weighted by molar-refractivity contribution is 5.76. The molecule has 3 fully saturated rings. The number of halogens is 2. The van der Waals surface area contributed by atoms with E-state index >= 15 is 4.39 Å². The minimum absolute atomic E-state index is 0.204. The van der Waals surface area contributed by atoms with Gasteiger partial charge < -0.3 is 14.5 Å². The first-order valence-corrected chi connectivity index (χ1v) is 10.5. The normalized spacial score (nSPS) is 34.3. The lowest BCUT2D eigenvalue weighted by Crippen LogP contribution is -2.69. The van der Waals surface area contributed by atoms with E-state index in [4.69, 9.17) is 9.57 Å². The Hall–Kier alpha value is -2.67. The number of ether oxygens (including phenoxy) is 1. The molecular weight excluding hydrogens is 388 g/mol. The molecule has 2 atom stereocenters. The summed E-state index contributed by atoms with van der Waals surface area (Å²) >= 11 is 0. The summed E-state index contributed by atoms with van der Waals surface area (Å²) in [6, 6.07) is 14.8. The minimum atomic E-state index is -1.54. The predicted octanol–water partition coefficient (Wildman–Crippen LogP) is 3.61. The number of rotatable bonds is 1. The predicted molar refractivity (Wildman–Crippen MR) is 107 cm³/mol. The Bertz CT molecular complexity index is 1000. The van der Waals surface area contributed by atoms with Crippen molar-refractivity contribution in [2.45, 2.75) is 36.8 Å². The Morgan fingerprint density at radius 3 is 2.53 bits per heavy atom. The maximum atomic E-state index is 15.7. The number of benzene rings is 2. The number of hydrogen-bond acceptors (Lipinski definition) is 5. The van der Waals surface area contributed by atoms with Crippen LogP contribution in [0.4, 0.5) is 8.78 Å². The molecule has 5 aliphatic heterocycles. The van der Waals surface area contributed by atoms with Gasteiger partial charge in [-0.3, -0.25) is 4.90 Å². The van der Waals surface area contributed by atoms with Crippen LogP contribution in [0.2, 0.25) is 0 Å². The zero-order valence-electron chi connectivity index (χ0n) is 16.6. The van der Waals surface area contributed by atoms with Gasteiger partial charge in [0.25, 0.3) is 0 Å². The highest BCUT2D eigenvalue weighted by Gasteiger charge is 2.66. The van der Waals surface area contributed by atoms with Gasteiger partial charge in [-0.1, -0.05) is 36.4 Å². The molecule has 5 heterocycles. The largest absolute Gasteiger partial charge is 0.413 e. The fourth-order valence-electron chi connectivity index (χ4n) is 5.30. The molecule has 30 heavy (non-hydrogen) atoms. The van der Waals surface area contributed by atoms with E-state index in [1.165, 1.54) is 17.7 Å². The van der Waals surface area contributed by atoms with E-state index < -0.39 is 11.5 Å². The Morgan fingerprint density at radius 1 is 1.00 bits per heavy atom. The van der Waals surface area contributed by atoms with Gasteiger partial charge >= 0.3 is 11.8 Å². The van der Waals surface area contributed by atoms with Gasteiger partial charge in [-0.2, -0.15) is 0 Å². The molecular formula is C23H23F2N3O2. The summed E-state index contributed by atoms with van der Waals surface area (Å²) in [5, 5.41) is 4.25. The van der Waals surface area contributed by atoms with Gasteiger partial charge in [-0.15, -0.1) is 0 Å². The van der Waals surface area contributed by atoms with Gasteiger partial charge in [0, 0.05) is 32.5 Å². The van der Waals surface area contributed by atoms with Gasteiger partial charge in [0.2, 0.25) is 0 Å². The molecule has 2 bridgehead atoms. The molecule has 0 amide bonds. The van der Waals surface area contributed by atoms with E-state index in [0.717, 1.165) is 30.6 Å². The van der Waals surface area contributed by atoms with E-state index in [9.17, 15) is 4.39 Å². The lowest BCUT2D eigenvalue weighted by Gasteiger charge is -2.51. The zero-order chi connectivity index (χ0) is 20.3. The molecule has 0 radical (unpaired) electrons. The van der Waals surface area contributed by atoms with Crippen LogP contribution in [0.1, 0.15) is 35.6 Å². The van der Waals surface area contributed by atoms with E-state index in [1.54, 1.807) is 12.1 Å². The summed E-state index contributed by atoms with van der Waals surface area (Å²) in [5.74, 6) is -1.65. The van der Waals surface area contributed by atoms with Crippen LogP contribution in [0, 0.1) is 5.82 Å². The van der Waals surface area contributed by atoms with Gasteiger partial charge in [-0.25, -0.2) is 8.78 Å². The fourth-order valence-corrected chi connectivity index (χ4v) is 5.30. The maximum Gasteiger partial charge on any atom is 0.331 e. The summed E-state index contributed by atoms with van der Waals surface area (Å²) in [6.07, 6.45) is 1.59. The number of amidine groups is 1. The number of fused-ring (bicyclic) bond motifs is 3. The number of oxime groups is 1. The molecule has 0 unspecified atom stereocenters. The van der Waals surface area contributed by atoms with E-state index in [-0.39, 0.29) is 11.9 Å². The van der Waals surface area contributed by atoms with Crippen molar-refractivity contribution < 1.29 is 18.4 Å². The van der Waals surface area contributed by atoms with Gasteiger partial charge in [-0.05, 0) is 40.4 Å². The summed E-state index contributed by atoms with van der Waals surface area (Å²) in [6.45, 7) is 2.47. The second kappa shape index (κ2) is 6.41. The SMILES string of the molecule is Fc1ccc([C@H]2c3ccccc3CCN2C2=NO[C@@]3(CN4CCC3(F)CC4)O2)cc1. The molecule has 3 saturated heterocycles. The monoisotopic (exact) mass is 411 g/mol. The Labute approximate surface area is 173 Å². The van der Waals surface area contributed by atoms with E-state index in [2.05, 4.69) is 22.2 Å². The summed E-state index contributed by atoms with van der Waals surface area (Å²) < 4.78 is 35.5. The van der Waals surface area contributed by atoms with Crippen molar-refractivity contribution in [1.29, 1.82) is 0 Å². The first-order chi connectivity index (χ1) is 14.6. The van der Waals surface area contributed by atoms with Crippen LogP contribution in [-0.4, -0.2) is 53.5 Å². The second-order valence-electron chi connectivity index (χ2n) is 8.66. The third kappa shape index (κ3) is 2.57. The first kappa shape index (κ1) is 18.1.